The average Bonchev–Trinajstić information content (AvgIpc) is 2.87. The Bertz CT molecular complexity index is 941. The maximum Gasteiger partial charge on any atom is 0.252 e. The first-order valence-electron chi connectivity index (χ1n) is 9.89. The Balaban J connectivity index is 1.57. The first-order chi connectivity index (χ1) is 13.5. The van der Waals surface area contributed by atoms with Crippen LogP contribution in [0, 0.1) is 0 Å². The van der Waals surface area contributed by atoms with Crippen LogP contribution in [-0.4, -0.2) is 66.6 Å². The molecule has 0 saturated carbocycles. The highest BCUT2D eigenvalue weighted by molar-refractivity contribution is 5.80. The third-order valence-electron chi connectivity index (χ3n) is 6.33. The first-order valence-corrected chi connectivity index (χ1v) is 9.89. The van der Waals surface area contributed by atoms with Crippen LogP contribution in [0.1, 0.15) is 24.8 Å². The average molecular weight is 384 g/mol. The second-order valence-corrected chi connectivity index (χ2v) is 8.03. The van der Waals surface area contributed by atoms with Gasteiger partial charge in [0.15, 0.2) is 0 Å². The molecule has 3 heterocycles. The summed E-state index contributed by atoms with van der Waals surface area (Å²) in [7, 11) is 3.80. The van der Waals surface area contributed by atoms with E-state index in [1.807, 2.05) is 24.3 Å². The molecular weight excluding hydrogens is 356 g/mol. The van der Waals surface area contributed by atoms with E-state index in [1.54, 1.807) is 7.11 Å². The van der Waals surface area contributed by atoms with Gasteiger partial charge in [0.1, 0.15) is 5.75 Å². The topological polar surface area (TPSA) is 77.7 Å². The van der Waals surface area contributed by atoms with E-state index in [4.69, 9.17) is 4.74 Å². The summed E-state index contributed by atoms with van der Waals surface area (Å²) in [6, 6.07) is 7.64. The summed E-state index contributed by atoms with van der Waals surface area (Å²) in [4.78, 5) is 32.2. The predicted molar refractivity (Wildman–Crippen MR) is 109 cm³/mol. The zero-order valence-electron chi connectivity index (χ0n) is 16.6. The van der Waals surface area contributed by atoms with Crippen molar-refractivity contribution in [1.29, 1.82) is 0 Å². The minimum Gasteiger partial charge on any atom is -0.497 e. The Hall–Kier alpha value is -2.38. The van der Waals surface area contributed by atoms with E-state index in [-0.39, 0.29) is 17.0 Å². The summed E-state index contributed by atoms with van der Waals surface area (Å²) < 4.78 is 5.31. The third kappa shape index (κ3) is 3.64. The van der Waals surface area contributed by atoms with Gasteiger partial charge in [-0.1, -0.05) is 0 Å². The molecule has 0 bridgehead atoms. The highest BCUT2D eigenvalue weighted by Crippen LogP contribution is 2.31. The Morgan fingerprint density at radius 3 is 2.86 bits per heavy atom. The van der Waals surface area contributed by atoms with Gasteiger partial charge in [0.05, 0.1) is 7.11 Å². The van der Waals surface area contributed by atoms with Crippen molar-refractivity contribution >= 4 is 16.8 Å². The molecule has 2 aliphatic rings. The molecule has 1 aromatic heterocycles. The molecular formula is C21H28N4O3. The quantitative estimate of drug-likeness (QED) is 0.835. The predicted octanol–water partition coefficient (Wildman–Crippen LogP) is 1.32. The van der Waals surface area contributed by atoms with Crippen molar-refractivity contribution in [2.75, 3.05) is 40.3 Å². The minimum atomic E-state index is -0.0386. The molecule has 2 aliphatic heterocycles. The van der Waals surface area contributed by atoms with Gasteiger partial charge in [-0.3, -0.25) is 19.4 Å². The van der Waals surface area contributed by atoms with Crippen molar-refractivity contribution in [2.45, 2.75) is 31.3 Å². The number of aromatic nitrogens is 1. The van der Waals surface area contributed by atoms with Crippen molar-refractivity contribution in [3.63, 3.8) is 0 Å². The molecule has 4 rings (SSSR count). The smallest absolute Gasteiger partial charge is 0.252 e. The number of likely N-dealkylation sites (N-methyl/N-ethyl adjacent to an activating group) is 1. The Kier molecular flexibility index (Phi) is 5.12. The van der Waals surface area contributed by atoms with Crippen LogP contribution in [0.3, 0.4) is 0 Å². The largest absolute Gasteiger partial charge is 0.497 e. The number of methoxy groups -OCH3 is 1. The lowest BCUT2D eigenvalue weighted by Crippen LogP contribution is -2.60. The molecule has 7 nitrogen and oxygen atoms in total. The van der Waals surface area contributed by atoms with Gasteiger partial charge >= 0.3 is 0 Å². The van der Waals surface area contributed by atoms with Gasteiger partial charge in [-0.05, 0) is 44.2 Å². The Morgan fingerprint density at radius 2 is 2.04 bits per heavy atom. The van der Waals surface area contributed by atoms with Gasteiger partial charge in [0.25, 0.3) is 5.56 Å². The Labute approximate surface area is 164 Å². The zero-order chi connectivity index (χ0) is 19.7. The van der Waals surface area contributed by atoms with Crippen molar-refractivity contribution in [3.05, 3.63) is 40.2 Å². The zero-order valence-corrected chi connectivity index (χ0v) is 16.6. The van der Waals surface area contributed by atoms with Gasteiger partial charge < -0.3 is 15.0 Å². The summed E-state index contributed by atoms with van der Waals surface area (Å²) >= 11 is 0. The van der Waals surface area contributed by atoms with Crippen molar-refractivity contribution in [3.8, 4) is 5.75 Å². The van der Waals surface area contributed by atoms with Crippen LogP contribution in [0.25, 0.3) is 10.9 Å². The van der Waals surface area contributed by atoms with E-state index in [2.05, 4.69) is 27.1 Å². The number of aromatic amines is 1. The fourth-order valence-corrected chi connectivity index (χ4v) is 4.53. The monoisotopic (exact) mass is 384 g/mol. The van der Waals surface area contributed by atoms with Crippen LogP contribution in [-0.2, 0) is 11.3 Å². The van der Waals surface area contributed by atoms with Gasteiger partial charge in [-0.25, -0.2) is 0 Å². The summed E-state index contributed by atoms with van der Waals surface area (Å²) in [5.41, 5.74) is 1.54. The molecule has 2 aromatic rings. The fraction of sp³-hybridized carbons (Fsp3) is 0.524. The van der Waals surface area contributed by atoms with E-state index in [0.29, 0.717) is 19.5 Å². The maximum absolute atomic E-state index is 12.6. The number of pyridine rings is 1. The summed E-state index contributed by atoms with van der Waals surface area (Å²) in [6.07, 6.45) is 2.36. The second-order valence-electron chi connectivity index (χ2n) is 8.03. The van der Waals surface area contributed by atoms with Crippen LogP contribution in [0.2, 0.25) is 0 Å². The second kappa shape index (κ2) is 7.56. The molecule has 28 heavy (non-hydrogen) atoms. The molecule has 150 valence electrons. The molecule has 2 fully saturated rings. The van der Waals surface area contributed by atoms with Crippen LogP contribution >= 0.6 is 0 Å². The van der Waals surface area contributed by atoms with Crippen LogP contribution in [0.15, 0.2) is 29.1 Å². The fourth-order valence-electron chi connectivity index (χ4n) is 4.53. The molecule has 1 amide bonds. The molecule has 1 aromatic carbocycles. The number of carbonyl (C=O) groups is 1. The van der Waals surface area contributed by atoms with Gasteiger partial charge in [-0.2, -0.15) is 0 Å². The lowest BCUT2D eigenvalue weighted by Gasteiger charge is -2.49. The summed E-state index contributed by atoms with van der Waals surface area (Å²) in [5.74, 6) is 0.919. The SMILES string of the molecule is COc1ccc2[nH]c(=O)c(CN3CCN(C)C4(CCNC(=O)CC4)C3)cc2c1. The van der Waals surface area contributed by atoms with Gasteiger partial charge in [-0.15, -0.1) is 0 Å². The number of rotatable bonds is 3. The van der Waals surface area contributed by atoms with Gasteiger partial charge in [0, 0.05) is 61.1 Å². The number of fused-ring (bicyclic) bond motifs is 1. The van der Waals surface area contributed by atoms with Gasteiger partial charge in [0.2, 0.25) is 5.91 Å². The normalized spacial score (nSPS) is 24.3. The number of benzene rings is 1. The molecule has 2 saturated heterocycles. The highest BCUT2D eigenvalue weighted by Gasteiger charge is 2.40. The van der Waals surface area contributed by atoms with E-state index < -0.39 is 0 Å². The summed E-state index contributed by atoms with van der Waals surface area (Å²) in [6.45, 7) is 4.05. The van der Waals surface area contributed by atoms with Crippen molar-refractivity contribution < 1.29 is 9.53 Å². The number of ether oxygens (including phenoxy) is 1. The molecule has 1 spiro atoms. The minimum absolute atomic E-state index is 0.00968. The number of H-pyrrole nitrogens is 1. The Morgan fingerprint density at radius 1 is 1.18 bits per heavy atom. The molecule has 0 radical (unpaired) electrons. The van der Waals surface area contributed by atoms with Crippen molar-refractivity contribution in [1.82, 2.24) is 20.1 Å². The van der Waals surface area contributed by atoms with Crippen LogP contribution < -0.4 is 15.6 Å². The number of hydrogen-bond acceptors (Lipinski definition) is 5. The summed E-state index contributed by atoms with van der Waals surface area (Å²) in [5, 5.41) is 3.96. The van der Waals surface area contributed by atoms with E-state index in [1.165, 1.54) is 0 Å². The van der Waals surface area contributed by atoms with E-state index in [0.717, 1.165) is 54.7 Å². The number of hydrogen-bond donors (Lipinski definition) is 2. The van der Waals surface area contributed by atoms with E-state index >= 15 is 0 Å². The number of nitrogens with one attached hydrogen (secondary N) is 2. The molecule has 1 unspecified atom stereocenters. The first kappa shape index (κ1) is 19.0. The number of nitrogens with zero attached hydrogens (tertiary/aromatic N) is 2. The van der Waals surface area contributed by atoms with Crippen molar-refractivity contribution in [2.24, 2.45) is 0 Å². The number of carbonyl (C=O) groups excluding carboxylic acids is 1. The lowest BCUT2D eigenvalue weighted by atomic mass is 9.86. The molecule has 1 atom stereocenters. The number of piperazine rings is 1. The molecule has 2 N–H and O–H groups in total. The lowest BCUT2D eigenvalue weighted by molar-refractivity contribution is -0.121. The molecule has 0 aliphatic carbocycles. The van der Waals surface area contributed by atoms with Crippen LogP contribution in [0.5, 0.6) is 5.75 Å². The standard InChI is InChI=1S/C21H28N4O3/c1-24-9-10-25(14-21(24)6-5-19(26)22-8-7-21)13-16-11-15-12-17(28-2)3-4-18(15)23-20(16)27/h3-4,11-12H,5-10,13-14H2,1-2H3,(H,22,26)(H,23,27). The van der Waals surface area contributed by atoms with E-state index in [9.17, 15) is 9.59 Å². The molecule has 7 heteroatoms. The van der Waals surface area contributed by atoms with Crippen LogP contribution in [0.4, 0.5) is 0 Å². The maximum atomic E-state index is 12.6. The highest BCUT2D eigenvalue weighted by atomic mass is 16.5. The number of amides is 1. The third-order valence-corrected chi connectivity index (χ3v) is 6.33.